The van der Waals surface area contributed by atoms with E-state index >= 15 is 8.78 Å². The number of aromatic nitrogens is 6. The minimum Gasteiger partial charge on any atom is -0.510 e. The van der Waals surface area contributed by atoms with Gasteiger partial charge in [-0.1, -0.05) is 5.24 Å². The minimum atomic E-state index is -3.10. The molecule has 2 aromatic carbocycles. The van der Waals surface area contributed by atoms with E-state index in [0.29, 0.717) is 52.0 Å². The molecule has 1 atom stereocenters. The van der Waals surface area contributed by atoms with E-state index in [0.717, 1.165) is 5.56 Å². The molecule has 0 amide bonds. The number of fused-ring (bicyclic) bond motifs is 2. The van der Waals surface area contributed by atoms with Crippen LogP contribution in [0.5, 0.6) is 23.1 Å². The Balaban J connectivity index is 1.33. The van der Waals surface area contributed by atoms with Crippen LogP contribution in [0.1, 0.15) is 12.0 Å². The summed E-state index contributed by atoms with van der Waals surface area (Å²) in [6, 6.07) is 10.7. The topological polar surface area (TPSA) is 112 Å². The first-order valence-corrected chi connectivity index (χ1v) is 15.1. The van der Waals surface area contributed by atoms with Gasteiger partial charge in [0.2, 0.25) is 5.88 Å². The van der Waals surface area contributed by atoms with Gasteiger partial charge in [0.15, 0.2) is 23.3 Å². The van der Waals surface area contributed by atoms with Gasteiger partial charge in [0.1, 0.15) is 77.6 Å². The zero-order chi connectivity index (χ0) is 32.9. The third kappa shape index (κ3) is 6.79. The van der Waals surface area contributed by atoms with Gasteiger partial charge < -0.3 is 24.4 Å². The second kappa shape index (κ2) is 11.8. The highest BCUT2D eigenvalue weighted by molar-refractivity contribution is 6.59. The molecule has 1 fully saturated rings. The standard InChI is InChI=1S/C27H32B6F2N8O3/c1-14-8-15(2-4-17(14)44-21-9-20-37-12-40-43(20)13-39-21)41-24-22-16(36-11-38-24)3-5-18(46-27(31,32)33)23(22)45-19-6-7-42(26(28,29)30)10-25(19,34)35/h2-5,8-9,11-13,19H,6-7,10,28-33H2,1H3,(H,36,38,41)/t19-/m1/s1. The average molecular weight is 619 g/mol. The van der Waals surface area contributed by atoms with Crippen LogP contribution < -0.4 is 19.5 Å². The van der Waals surface area contributed by atoms with Crippen molar-refractivity contribution in [2.45, 2.75) is 35.9 Å². The van der Waals surface area contributed by atoms with Crippen molar-refractivity contribution in [3.63, 3.8) is 0 Å². The Labute approximate surface area is 270 Å². The first-order valence-electron chi connectivity index (χ1n) is 15.1. The molecule has 1 aliphatic heterocycles. The quantitative estimate of drug-likeness (QED) is 0.194. The van der Waals surface area contributed by atoms with Gasteiger partial charge in [-0.2, -0.15) is 5.10 Å². The first-order chi connectivity index (χ1) is 21.7. The number of hydrogen-bond donors (Lipinski definition) is 1. The molecule has 1 saturated heterocycles. The Morgan fingerprint density at radius 1 is 0.957 bits per heavy atom. The van der Waals surface area contributed by atoms with E-state index in [1.165, 1.54) is 19.0 Å². The molecule has 0 spiro atoms. The third-order valence-electron chi connectivity index (χ3n) is 7.68. The highest BCUT2D eigenvalue weighted by Crippen LogP contribution is 2.43. The van der Waals surface area contributed by atoms with Crippen molar-refractivity contribution >= 4 is 75.1 Å². The van der Waals surface area contributed by atoms with Gasteiger partial charge in [0, 0.05) is 30.0 Å². The molecule has 0 unspecified atom stereocenters. The SMILES string of the molecule is BC(B)(B)Oc1ccc2ncnc(Nc3ccc(Oc4cc5ncnn5cn4)c(C)c3)c2c1O[C@@H]1CCN(C(B)(B)B)CC1(F)F. The van der Waals surface area contributed by atoms with Crippen molar-refractivity contribution in [3.8, 4) is 23.1 Å². The number of piperidine rings is 1. The number of rotatable bonds is 9. The first kappa shape index (κ1) is 31.7. The van der Waals surface area contributed by atoms with E-state index in [1.54, 1.807) is 27.6 Å². The number of likely N-dealkylation sites (tertiary alicyclic amines) is 1. The third-order valence-corrected chi connectivity index (χ3v) is 7.68. The zero-order valence-corrected chi connectivity index (χ0v) is 27.0. The number of benzene rings is 2. The van der Waals surface area contributed by atoms with Crippen LogP contribution in [0.2, 0.25) is 0 Å². The summed E-state index contributed by atoms with van der Waals surface area (Å²) in [5.74, 6) is -1.22. The lowest BCUT2D eigenvalue weighted by Crippen LogP contribution is -2.62. The van der Waals surface area contributed by atoms with Crippen molar-refractivity contribution in [1.29, 1.82) is 0 Å². The average Bonchev–Trinajstić information content (AvgIpc) is 3.43. The summed E-state index contributed by atoms with van der Waals surface area (Å²) >= 11 is 0. The molecule has 3 aromatic heterocycles. The number of halogens is 2. The van der Waals surface area contributed by atoms with Crippen LogP contribution in [-0.2, 0) is 0 Å². The Morgan fingerprint density at radius 2 is 1.74 bits per heavy atom. The number of nitrogens with one attached hydrogen (secondary N) is 1. The van der Waals surface area contributed by atoms with Crippen molar-refractivity contribution in [1.82, 2.24) is 34.4 Å². The van der Waals surface area contributed by atoms with E-state index in [2.05, 4.69) is 30.4 Å². The van der Waals surface area contributed by atoms with Crippen LogP contribution in [0.3, 0.4) is 0 Å². The predicted molar refractivity (Wildman–Crippen MR) is 188 cm³/mol. The van der Waals surface area contributed by atoms with E-state index in [-0.39, 0.29) is 17.4 Å². The van der Waals surface area contributed by atoms with Crippen molar-refractivity contribution in [2.24, 2.45) is 0 Å². The van der Waals surface area contributed by atoms with E-state index in [4.69, 9.17) is 14.2 Å². The highest BCUT2D eigenvalue weighted by Gasteiger charge is 2.48. The van der Waals surface area contributed by atoms with Crippen LogP contribution >= 0.6 is 0 Å². The van der Waals surface area contributed by atoms with E-state index in [1.807, 2.05) is 72.2 Å². The van der Waals surface area contributed by atoms with Crippen LogP contribution in [0.4, 0.5) is 20.3 Å². The van der Waals surface area contributed by atoms with Crippen LogP contribution in [-0.4, -0.2) is 117 Å². The van der Waals surface area contributed by atoms with Gasteiger partial charge in [-0.15, -0.1) is 0 Å². The zero-order valence-electron chi connectivity index (χ0n) is 27.0. The summed E-state index contributed by atoms with van der Waals surface area (Å²) in [5.41, 5.74) is 2.66. The molecule has 0 bridgehead atoms. The van der Waals surface area contributed by atoms with Crippen LogP contribution in [0, 0.1) is 6.92 Å². The Kier molecular flexibility index (Phi) is 8.16. The van der Waals surface area contributed by atoms with Crippen molar-refractivity contribution in [3.05, 3.63) is 60.9 Å². The van der Waals surface area contributed by atoms with Crippen LogP contribution in [0.25, 0.3) is 16.6 Å². The van der Waals surface area contributed by atoms with Gasteiger partial charge >= 0.3 is 0 Å². The summed E-state index contributed by atoms with van der Waals surface area (Å²) in [4.78, 5) is 19.2. The van der Waals surface area contributed by atoms with Crippen molar-refractivity contribution < 1.29 is 23.0 Å². The second-order valence-electron chi connectivity index (χ2n) is 13.5. The molecule has 46 heavy (non-hydrogen) atoms. The molecule has 0 radical (unpaired) electrons. The maximum Gasteiger partial charge on any atom is 0.296 e. The Hall–Kier alpha value is -4.26. The summed E-state index contributed by atoms with van der Waals surface area (Å²) in [6.07, 6.45) is 3.18. The maximum atomic E-state index is 15.7. The fraction of sp³-hybridized carbons (Fsp3) is 0.296. The fourth-order valence-electron chi connectivity index (χ4n) is 5.36. The van der Waals surface area contributed by atoms with E-state index in [9.17, 15) is 0 Å². The number of hydrogen-bond acceptors (Lipinski definition) is 10. The summed E-state index contributed by atoms with van der Waals surface area (Å²) in [6.45, 7) is 1.98. The molecule has 19 heteroatoms. The number of nitrogens with zero attached hydrogens (tertiary/aromatic N) is 7. The molecular formula is C27H32B6F2N8O3. The molecule has 4 heterocycles. The number of anilines is 2. The molecule has 11 nitrogen and oxygen atoms in total. The summed E-state index contributed by atoms with van der Waals surface area (Å²) in [7, 11) is 11.5. The van der Waals surface area contributed by atoms with Crippen molar-refractivity contribution in [2.75, 3.05) is 18.4 Å². The molecule has 1 aliphatic rings. The van der Waals surface area contributed by atoms with E-state index < -0.39 is 23.9 Å². The number of alkyl halides is 2. The lowest BCUT2D eigenvalue weighted by atomic mass is 9.48. The summed E-state index contributed by atoms with van der Waals surface area (Å²) in [5, 5.41) is 6.83. The molecule has 5 aromatic rings. The van der Waals surface area contributed by atoms with Gasteiger partial charge in [0.05, 0.1) is 17.4 Å². The van der Waals surface area contributed by atoms with Gasteiger partial charge in [-0.25, -0.2) is 33.2 Å². The lowest BCUT2D eigenvalue weighted by molar-refractivity contribution is -0.140. The fourth-order valence-corrected chi connectivity index (χ4v) is 5.36. The molecular weight excluding hydrogens is 587 g/mol. The normalized spacial score (nSPS) is 17.2. The molecule has 230 valence electrons. The summed E-state index contributed by atoms with van der Waals surface area (Å²) < 4.78 is 51.4. The predicted octanol–water partition coefficient (Wildman–Crippen LogP) is -1.60. The Bertz CT molecular complexity index is 1910. The largest absolute Gasteiger partial charge is 0.510 e. The second-order valence-corrected chi connectivity index (χ2v) is 13.5. The highest BCUT2D eigenvalue weighted by atomic mass is 19.3. The van der Waals surface area contributed by atoms with Gasteiger partial charge in [-0.05, 0) is 42.8 Å². The Morgan fingerprint density at radius 3 is 2.46 bits per heavy atom. The lowest BCUT2D eigenvalue weighted by Gasteiger charge is -2.45. The molecule has 6 rings (SSSR count). The van der Waals surface area contributed by atoms with Gasteiger partial charge in [-0.3, -0.25) is 0 Å². The van der Waals surface area contributed by atoms with Crippen LogP contribution in [0.15, 0.2) is 55.4 Å². The van der Waals surface area contributed by atoms with Gasteiger partial charge in [0.25, 0.3) is 5.92 Å². The number of ether oxygens (including phenoxy) is 3. The monoisotopic (exact) mass is 620 g/mol. The maximum absolute atomic E-state index is 15.7. The molecule has 1 N–H and O–H groups in total. The number of aryl methyl sites for hydroxylation is 1. The molecule has 0 aliphatic carbocycles. The molecule has 0 saturated carbocycles. The minimum absolute atomic E-state index is 0.144. The smallest absolute Gasteiger partial charge is 0.296 e.